The van der Waals surface area contributed by atoms with Crippen LogP contribution in [0.4, 0.5) is 4.39 Å². The maximum atomic E-state index is 15.0. The predicted octanol–water partition coefficient (Wildman–Crippen LogP) is 4.18. The Morgan fingerprint density at radius 3 is 2.16 bits per heavy atom. The van der Waals surface area contributed by atoms with E-state index >= 15 is 4.39 Å². The third-order valence-electron chi connectivity index (χ3n) is 13.8. The SMILES string of the molecule is O=C(CN1CCC(OC2CCN(C(=O)c3cccc(C4CCCN(C(=O)CNC5CC5)C4)c3)CC2)CC1)N1CCN(C(=O)c2cc(Cc3n[nH]c(=O)c4ccccc34)ccc2F)CC1. The zero-order valence-electron chi connectivity index (χ0n) is 36.5. The van der Waals surface area contributed by atoms with Gasteiger partial charge in [-0.3, -0.25) is 28.9 Å². The van der Waals surface area contributed by atoms with Crippen LogP contribution in [0.15, 0.2) is 71.5 Å². The van der Waals surface area contributed by atoms with Gasteiger partial charge in [0.05, 0.1) is 41.9 Å². The van der Waals surface area contributed by atoms with Crippen LogP contribution in [0.1, 0.15) is 94.8 Å². The summed E-state index contributed by atoms with van der Waals surface area (Å²) in [6, 6.07) is 20.2. The highest BCUT2D eigenvalue weighted by Gasteiger charge is 2.32. The number of aromatic amines is 1. The first kappa shape index (κ1) is 43.7. The van der Waals surface area contributed by atoms with Crippen molar-refractivity contribution < 1.29 is 28.3 Å². The van der Waals surface area contributed by atoms with Crippen molar-refractivity contribution in [2.24, 2.45) is 0 Å². The molecule has 4 saturated heterocycles. The zero-order chi connectivity index (χ0) is 44.2. The number of H-pyrrole nitrogens is 1. The molecular formula is C49H59FN8O6. The van der Waals surface area contributed by atoms with Gasteiger partial charge in [-0.05, 0) is 92.8 Å². The number of carbonyl (C=O) groups is 4. The van der Waals surface area contributed by atoms with Crippen LogP contribution in [-0.2, 0) is 20.7 Å². The lowest BCUT2D eigenvalue weighted by Crippen LogP contribution is -2.53. The van der Waals surface area contributed by atoms with E-state index in [1.165, 1.54) is 6.07 Å². The molecule has 4 aliphatic heterocycles. The normalized spacial score (nSPS) is 20.5. The number of hydrogen-bond donors (Lipinski definition) is 2. The van der Waals surface area contributed by atoms with E-state index in [1.807, 2.05) is 40.1 Å². The van der Waals surface area contributed by atoms with E-state index in [0.29, 0.717) is 99.0 Å². The number of ether oxygens (including phenoxy) is 1. The minimum atomic E-state index is -0.605. The van der Waals surface area contributed by atoms with Gasteiger partial charge in [0, 0.05) is 94.8 Å². The highest BCUT2D eigenvalue weighted by molar-refractivity contribution is 5.95. The monoisotopic (exact) mass is 874 g/mol. The van der Waals surface area contributed by atoms with E-state index < -0.39 is 11.7 Å². The molecule has 5 aliphatic rings. The number of nitrogens with one attached hydrogen (secondary N) is 2. The molecule has 2 N–H and O–H groups in total. The van der Waals surface area contributed by atoms with Crippen LogP contribution in [0.2, 0.25) is 0 Å². The van der Waals surface area contributed by atoms with Gasteiger partial charge in [0.15, 0.2) is 0 Å². The minimum absolute atomic E-state index is 0.0223. The second-order valence-corrected chi connectivity index (χ2v) is 18.3. The average Bonchev–Trinajstić information content (AvgIpc) is 4.18. The number of amides is 4. The summed E-state index contributed by atoms with van der Waals surface area (Å²) in [5.74, 6) is -0.543. The molecule has 14 nitrogen and oxygen atoms in total. The molecule has 0 radical (unpaired) electrons. The molecule has 5 heterocycles. The summed E-state index contributed by atoms with van der Waals surface area (Å²) in [7, 11) is 0. The summed E-state index contributed by atoms with van der Waals surface area (Å²) in [6.45, 7) is 6.41. The molecule has 4 amide bonds. The molecular weight excluding hydrogens is 816 g/mol. The van der Waals surface area contributed by atoms with E-state index in [-0.39, 0.29) is 47.0 Å². The molecule has 0 bridgehead atoms. The first-order valence-corrected chi connectivity index (χ1v) is 23.2. The minimum Gasteiger partial charge on any atom is -0.375 e. The van der Waals surface area contributed by atoms with E-state index in [0.717, 1.165) is 76.6 Å². The fourth-order valence-corrected chi connectivity index (χ4v) is 9.85. The number of likely N-dealkylation sites (tertiary alicyclic amines) is 3. The molecule has 64 heavy (non-hydrogen) atoms. The Balaban J connectivity index is 0.684. The van der Waals surface area contributed by atoms with Crippen molar-refractivity contribution >= 4 is 34.4 Å². The van der Waals surface area contributed by atoms with Crippen LogP contribution in [0.5, 0.6) is 0 Å². The smallest absolute Gasteiger partial charge is 0.272 e. The summed E-state index contributed by atoms with van der Waals surface area (Å²) in [6.07, 6.45) is 8.07. The molecule has 9 rings (SSSR count). The van der Waals surface area contributed by atoms with Crippen molar-refractivity contribution in [2.75, 3.05) is 78.5 Å². The summed E-state index contributed by atoms with van der Waals surface area (Å²) in [4.78, 5) is 75.1. The Morgan fingerprint density at radius 2 is 1.41 bits per heavy atom. The number of halogens is 1. The van der Waals surface area contributed by atoms with Crippen LogP contribution >= 0.6 is 0 Å². The van der Waals surface area contributed by atoms with Crippen molar-refractivity contribution in [2.45, 2.75) is 82.0 Å². The Labute approximate surface area is 373 Å². The second-order valence-electron chi connectivity index (χ2n) is 18.3. The molecule has 15 heteroatoms. The quantitative estimate of drug-likeness (QED) is 0.214. The number of rotatable bonds is 12. The maximum absolute atomic E-state index is 15.0. The van der Waals surface area contributed by atoms with Gasteiger partial charge in [0.2, 0.25) is 11.8 Å². The van der Waals surface area contributed by atoms with Gasteiger partial charge in [-0.15, -0.1) is 0 Å². The van der Waals surface area contributed by atoms with Crippen LogP contribution in [0, 0.1) is 5.82 Å². The maximum Gasteiger partial charge on any atom is 0.272 e. The van der Waals surface area contributed by atoms with Crippen molar-refractivity contribution in [3.05, 3.63) is 111 Å². The molecule has 3 aromatic carbocycles. The topological polar surface area (TPSA) is 151 Å². The first-order chi connectivity index (χ1) is 31.1. The van der Waals surface area contributed by atoms with E-state index in [4.69, 9.17) is 4.74 Å². The Hall–Kier alpha value is -5.51. The molecule has 1 atom stereocenters. The van der Waals surface area contributed by atoms with Crippen LogP contribution in [0.25, 0.3) is 10.8 Å². The number of hydrogen-bond acceptors (Lipinski definition) is 9. The lowest BCUT2D eigenvalue weighted by molar-refractivity contribution is -0.135. The summed E-state index contributed by atoms with van der Waals surface area (Å²) in [5, 5.41) is 11.3. The molecule has 4 aromatic rings. The fraction of sp³-hybridized carbons (Fsp3) is 0.510. The number of piperazine rings is 1. The lowest BCUT2D eigenvalue weighted by atomic mass is 9.89. The second kappa shape index (κ2) is 19.7. The summed E-state index contributed by atoms with van der Waals surface area (Å²) in [5.41, 5.74) is 2.86. The van der Waals surface area contributed by atoms with Crippen molar-refractivity contribution in [3.63, 3.8) is 0 Å². The predicted molar refractivity (Wildman–Crippen MR) is 240 cm³/mol. The third kappa shape index (κ3) is 10.4. The van der Waals surface area contributed by atoms with Crippen LogP contribution in [0.3, 0.4) is 0 Å². The Kier molecular flexibility index (Phi) is 13.5. The average molecular weight is 875 g/mol. The molecule has 1 unspecified atom stereocenters. The fourth-order valence-electron chi connectivity index (χ4n) is 9.85. The standard InChI is InChI=1S/C49H59FN8O6/c50-43-13-10-33(28-44-40-8-1-2-9-41(40)47(61)53-52-44)27-42(43)49(63)57-25-23-55(24-26-57)46(60)32-54-19-14-38(15-20-54)64-39-16-21-56(22-17-39)48(62)35-6-3-5-34(29-35)36-7-4-18-58(31-36)45(59)30-51-37-11-12-37/h1-3,5-6,8-10,13,27,29,36-39,51H,4,7,11-12,14-26,28,30-32H2,(H,53,61). The molecule has 1 aliphatic carbocycles. The number of nitrogens with zero attached hydrogens (tertiary/aromatic N) is 6. The molecule has 1 aromatic heterocycles. The van der Waals surface area contributed by atoms with Crippen molar-refractivity contribution in [3.8, 4) is 0 Å². The molecule has 338 valence electrons. The van der Waals surface area contributed by atoms with Gasteiger partial charge in [-0.1, -0.05) is 36.4 Å². The van der Waals surface area contributed by atoms with E-state index in [2.05, 4.69) is 26.5 Å². The summed E-state index contributed by atoms with van der Waals surface area (Å²) >= 11 is 0. The van der Waals surface area contributed by atoms with Gasteiger partial charge >= 0.3 is 0 Å². The van der Waals surface area contributed by atoms with Gasteiger partial charge in [0.1, 0.15) is 5.82 Å². The number of aromatic nitrogens is 2. The van der Waals surface area contributed by atoms with Gasteiger partial charge in [0.25, 0.3) is 17.4 Å². The third-order valence-corrected chi connectivity index (χ3v) is 13.8. The molecule has 0 spiro atoms. The van der Waals surface area contributed by atoms with E-state index in [1.54, 1.807) is 34.1 Å². The number of carbonyl (C=O) groups excluding carboxylic acids is 4. The number of fused-ring (bicyclic) bond motifs is 1. The van der Waals surface area contributed by atoms with E-state index in [9.17, 15) is 24.0 Å². The van der Waals surface area contributed by atoms with Crippen LogP contribution < -0.4 is 10.9 Å². The lowest BCUT2D eigenvalue weighted by Gasteiger charge is -2.38. The van der Waals surface area contributed by atoms with Crippen molar-refractivity contribution in [1.29, 1.82) is 0 Å². The highest BCUT2D eigenvalue weighted by Crippen LogP contribution is 2.29. The first-order valence-electron chi connectivity index (χ1n) is 23.2. The van der Waals surface area contributed by atoms with Gasteiger partial charge in [-0.25, -0.2) is 9.49 Å². The Bertz CT molecular complexity index is 2400. The molecule has 5 fully saturated rings. The summed E-state index contributed by atoms with van der Waals surface area (Å²) < 4.78 is 21.6. The van der Waals surface area contributed by atoms with Gasteiger partial charge in [-0.2, -0.15) is 5.10 Å². The zero-order valence-corrected chi connectivity index (χ0v) is 36.5. The largest absolute Gasteiger partial charge is 0.375 e. The number of benzene rings is 3. The Morgan fingerprint density at radius 1 is 0.703 bits per heavy atom. The number of piperidine rings is 3. The van der Waals surface area contributed by atoms with Crippen molar-refractivity contribution in [1.82, 2.24) is 40.0 Å². The van der Waals surface area contributed by atoms with Gasteiger partial charge < -0.3 is 29.7 Å². The highest BCUT2D eigenvalue weighted by atomic mass is 19.1. The molecule has 1 saturated carbocycles. The van der Waals surface area contributed by atoms with Crippen LogP contribution in [-0.4, -0.2) is 155 Å².